The Kier molecular flexibility index (Phi) is 4.78. The van der Waals surface area contributed by atoms with E-state index in [-0.39, 0.29) is 12.4 Å². The van der Waals surface area contributed by atoms with E-state index in [1.54, 1.807) is 12.1 Å². The summed E-state index contributed by atoms with van der Waals surface area (Å²) in [6, 6.07) is 6.86. The lowest BCUT2D eigenvalue weighted by atomic mass is 10.2. The van der Waals surface area contributed by atoms with Gasteiger partial charge in [-0.25, -0.2) is 8.78 Å². The Morgan fingerprint density at radius 1 is 1.24 bits per heavy atom. The highest BCUT2D eigenvalue weighted by molar-refractivity contribution is 5.95. The first-order valence-corrected chi connectivity index (χ1v) is 6.17. The van der Waals surface area contributed by atoms with Gasteiger partial charge in [-0.15, -0.1) is 0 Å². The Morgan fingerprint density at radius 3 is 2.76 bits per heavy atom. The molecule has 0 radical (unpaired) electrons. The molecule has 1 aromatic carbocycles. The molecule has 5 nitrogen and oxygen atoms in total. The minimum Gasteiger partial charge on any atom is -0.409 e. The Morgan fingerprint density at radius 2 is 2.05 bits per heavy atom. The molecule has 0 atom stereocenters. The van der Waals surface area contributed by atoms with Crippen molar-refractivity contribution in [1.82, 2.24) is 10.3 Å². The summed E-state index contributed by atoms with van der Waals surface area (Å²) in [4.78, 5) is 3.95. The lowest BCUT2D eigenvalue weighted by Crippen LogP contribution is -2.17. The zero-order chi connectivity index (χ0) is 15.2. The molecule has 0 aliphatic carbocycles. The number of nitrogens with one attached hydrogen (secondary N) is 1. The van der Waals surface area contributed by atoms with Crippen LogP contribution in [0.15, 0.2) is 41.7 Å². The zero-order valence-electron chi connectivity index (χ0n) is 11.1. The number of hydrogen-bond donors (Lipinski definition) is 3. The molecular weight excluding hydrogens is 278 g/mol. The standard InChI is InChI=1S/C14H14F2N4O/c15-11-2-1-10(12(16)6-11)8-18-7-9-3-4-19-13(5-9)14(17)20-21/h1-6,18,21H,7-8H2,(H2,17,20). The summed E-state index contributed by atoms with van der Waals surface area (Å²) in [6.07, 6.45) is 1.53. The van der Waals surface area contributed by atoms with Crippen LogP contribution < -0.4 is 11.1 Å². The van der Waals surface area contributed by atoms with Crippen LogP contribution in [0.25, 0.3) is 0 Å². The minimum absolute atomic E-state index is 0.0820. The van der Waals surface area contributed by atoms with Crippen LogP contribution in [0, 0.1) is 11.6 Å². The maximum Gasteiger partial charge on any atom is 0.188 e. The third-order valence-corrected chi connectivity index (χ3v) is 2.85. The van der Waals surface area contributed by atoms with Gasteiger partial charge >= 0.3 is 0 Å². The van der Waals surface area contributed by atoms with Gasteiger partial charge in [0.05, 0.1) is 0 Å². The largest absolute Gasteiger partial charge is 0.409 e. The second-order valence-corrected chi connectivity index (χ2v) is 4.37. The number of rotatable bonds is 5. The highest BCUT2D eigenvalue weighted by Crippen LogP contribution is 2.09. The molecule has 0 fully saturated rings. The van der Waals surface area contributed by atoms with Crippen molar-refractivity contribution in [2.45, 2.75) is 13.1 Å². The minimum atomic E-state index is -0.603. The fraction of sp³-hybridized carbons (Fsp3) is 0.143. The summed E-state index contributed by atoms with van der Waals surface area (Å²) in [5.74, 6) is -1.27. The van der Waals surface area contributed by atoms with Gasteiger partial charge < -0.3 is 16.3 Å². The molecule has 7 heteroatoms. The number of nitrogens with two attached hydrogens (primary N) is 1. The van der Waals surface area contributed by atoms with Gasteiger partial charge in [0.25, 0.3) is 0 Å². The van der Waals surface area contributed by atoms with E-state index in [2.05, 4.69) is 15.5 Å². The molecule has 4 N–H and O–H groups in total. The molecular formula is C14H14F2N4O. The first-order chi connectivity index (χ1) is 10.1. The van der Waals surface area contributed by atoms with Gasteiger partial charge in [0, 0.05) is 30.9 Å². The van der Waals surface area contributed by atoms with Crippen molar-refractivity contribution in [2.24, 2.45) is 10.9 Å². The smallest absolute Gasteiger partial charge is 0.188 e. The number of halogens is 2. The van der Waals surface area contributed by atoms with Gasteiger partial charge in [0.1, 0.15) is 17.3 Å². The van der Waals surface area contributed by atoms with E-state index in [1.165, 1.54) is 18.3 Å². The lowest BCUT2D eigenvalue weighted by molar-refractivity contribution is 0.318. The first kappa shape index (κ1) is 14.9. The van der Waals surface area contributed by atoms with Crippen LogP contribution in [0.4, 0.5) is 8.78 Å². The molecule has 0 unspecified atom stereocenters. The van der Waals surface area contributed by atoms with Gasteiger partial charge in [0.15, 0.2) is 5.84 Å². The maximum atomic E-state index is 13.4. The highest BCUT2D eigenvalue weighted by atomic mass is 19.1. The average molecular weight is 292 g/mol. The quantitative estimate of drug-likeness (QED) is 0.339. The van der Waals surface area contributed by atoms with E-state index in [0.717, 1.165) is 11.6 Å². The number of hydrogen-bond acceptors (Lipinski definition) is 4. The van der Waals surface area contributed by atoms with E-state index in [4.69, 9.17) is 10.9 Å². The fourth-order valence-corrected chi connectivity index (χ4v) is 1.78. The van der Waals surface area contributed by atoms with Crippen molar-refractivity contribution in [3.8, 4) is 0 Å². The predicted octanol–water partition coefficient (Wildman–Crippen LogP) is 1.74. The van der Waals surface area contributed by atoms with Gasteiger partial charge in [-0.1, -0.05) is 11.2 Å². The molecule has 2 aromatic rings. The van der Waals surface area contributed by atoms with Crippen LogP contribution in [0.3, 0.4) is 0 Å². The van der Waals surface area contributed by atoms with Gasteiger partial charge in [-0.05, 0) is 23.8 Å². The van der Waals surface area contributed by atoms with E-state index in [0.29, 0.717) is 17.8 Å². The van der Waals surface area contributed by atoms with Crippen molar-refractivity contribution < 1.29 is 14.0 Å². The normalized spacial score (nSPS) is 11.6. The van der Waals surface area contributed by atoms with E-state index in [9.17, 15) is 8.78 Å². The van der Waals surface area contributed by atoms with Gasteiger partial charge in [0.2, 0.25) is 0 Å². The predicted molar refractivity (Wildman–Crippen MR) is 73.6 cm³/mol. The Balaban J connectivity index is 1.97. The Bertz CT molecular complexity index is 661. The summed E-state index contributed by atoms with van der Waals surface area (Å²) in [7, 11) is 0. The molecule has 21 heavy (non-hydrogen) atoms. The van der Waals surface area contributed by atoms with Crippen molar-refractivity contribution in [3.05, 3.63) is 65.0 Å². The number of pyridine rings is 1. The monoisotopic (exact) mass is 292 g/mol. The number of oxime groups is 1. The number of amidine groups is 1. The summed E-state index contributed by atoms with van der Waals surface area (Å²) in [5, 5.41) is 14.5. The lowest BCUT2D eigenvalue weighted by Gasteiger charge is -2.07. The molecule has 0 saturated heterocycles. The van der Waals surface area contributed by atoms with Crippen LogP contribution in [-0.2, 0) is 13.1 Å². The third kappa shape index (κ3) is 3.96. The van der Waals surface area contributed by atoms with Gasteiger partial charge in [-0.2, -0.15) is 0 Å². The fourth-order valence-electron chi connectivity index (χ4n) is 1.78. The van der Waals surface area contributed by atoms with E-state index < -0.39 is 11.6 Å². The van der Waals surface area contributed by atoms with E-state index in [1.807, 2.05) is 0 Å². The number of benzene rings is 1. The third-order valence-electron chi connectivity index (χ3n) is 2.85. The summed E-state index contributed by atoms with van der Waals surface area (Å²) < 4.78 is 26.2. The molecule has 0 aliphatic rings. The molecule has 1 aromatic heterocycles. The number of nitrogens with zero attached hydrogens (tertiary/aromatic N) is 2. The highest BCUT2D eigenvalue weighted by Gasteiger charge is 2.05. The molecule has 2 rings (SSSR count). The summed E-state index contributed by atoms with van der Waals surface area (Å²) in [5.41, 5.74) is 7.02. The van der Waals surface area contributed by atoms with Crippen molar-refractivity contribution in [3.63, 3.8) is 0 Å². The molecule has 0 amide bonds. The molecule has 0 aliphatic heterocycles. The summed E-state index contributed by atoms with van der Waals surface area (Å²) >= 11 is 0. The zero-order valence-corrected chi connectivity index (χ0v) is 11.1. The van der Waals surface area contributed by atoms with Crippen molar-refractivity contribution in [2.75, 3.05) is 0 Å². The van der Waals surface area contributed by atoms with Crippen molar-refractivity contribution in [1.29, 1.82) is 0 Å². The molecule has 0 spiro atoms. The van der Waals surface area contributed by atoms with Crippen LogP contribution >= 0.6 is 0 Å². The van der Waals surface area contributed by atoms with Crippen LogP contribution in [-0.4, -0.2) is 16.0 Å². The summed E-state index contributed by atoms with van der Waals surface area (Å²) in [6.45, 7) is 0.693. The van der Waals surface area contributed by atoms with E-state index >= 15 is 0 Å². The molecule has 0 bridgehead atoms. The maximum absolute atomic E-state index is 13.4. The molecule has 0 saturated carbocycles. The van der Waals surface area contributed by atoms with Gasteiger partial charge in [-0.3, -0.25) is 4.98 Å². The topological polar surface area (TPSA) is 83.5 Å². The SMILES string of the molecule is NC(=NO)c1cc(CNCc2ccc(F)cc2F)ccn1. The first-order valence-electron chi connectivity index (χ1n) is 6.17. The van der Waals surface area contributed by atoms with Crippen LogP contribution in [0.1, 0.15) is 16.8 Å². The second-order valence-electron chi connectivity index (χ2n) is 4.37. The average Bonchev–Trinajstić information content (AvgIpc) is 2.49. The van der Waals surface area contributed by atoms with Crippen LogP contribution in [0.5, 0.6) is 0 Å². The molecule has 110 valence electrons. The Hall–Kier alpha value is -2.54. The van der Waals surface area contributed by atoms with Crippen molar-refractivity contribution >= 4 is 5.84 Å². The second kappa shape index (κ2) is 6.76. The molecule has 1 heterocycles. The Labute approximate surface area is 120 Å². The van der Waals surface area contributed by atoms with Crippen LogP contribution in [0.2, 0.25) is 0 Å². The number of aromatic nitrogens is 1.